The molecule has 0 aromatic heterocycles. The maximum atomic E-state index is 12.9. The SMILES string of the molecule is CC(=O)Nc1cc(Br)c(F)cc1F. The highest BCUT2D eigenvalue weighted by atomic mass is 79.9. The number of hydrogen-bond acceptors (Lipinski definition) is 1. The summed E-state index contributed by atoms with van der Waals surface area (Å²) >= 11 is 2.88. The second kappa shape index (κ2) is 3.83. The lowest BCUT2D eigenvalue weighted by atomic mass is 10.3. The molecule has 0 heterocycles. The Morgan fingerprint density at radius 2 is 2.00 bits per heavy atom. The number of amides is 1. The molecule has 13 heavy (non-hydrogen) atoms. The molecule has 70 valence electrons. The molecule has 0 aliphatic carbocycles. The van der Waals surface area contributed by atoms with E-state index in [1.54, 1.807) is 0 Å². The molecule has 1 N–H and O–H groups in total. The first-order valence-corrected chi connectivity index (χ1v) is 4.22. The summed E-state index contributed by atoms with van der Waals surface area (Å²) in [7, 11) is 0. The maximum Gasteiger partial charge on any atom is 0.221 e. The first-order valence-electron chi connectivity index (χ1n) is 3.43. The van der Waals surface area contributed by atoms with E-state index in [-0.39, 0.29) is 10.2 Å². The largest absolute Gasteiger partial charge is 0.324 e. The molecule has 5 heteroatoms. The maximum absolute atomic E-state index is 12.9. The lowest BCUT2D eigenvalue weighted by molar-refractivity contribution is -0.114. The minimum absolute atomic E-state index is 0.0409. The van der Waals surface area contributed by atoms with Crippen LogP contribution in [0.15, 0.2) is 16.6 Å². The molecule has 1 rings (SSSR count). The smallest absolute Gasteiger partial charge is 0.221 e. The number of benzene rings is 1. The number of hydrogen-bond donors (Lipinski definition) is 1. The molecule has 0 saturated carbocycles. The highest BCUT2D eigenvalue weighted by Gasteiger charge is 2.08. The van der Waals surface area contributed by atoms with Gasteiger partial charge >= 0.3 is 0 Å². The van der Waals surface area contributed by atoms with Gasteiger partial charge < -0.3 is 5.32 Å². The first-order chi connectivity index (χ1) is 6.00. The highest BCUT2D eigenvalue weighted by molar-refractivity contribution is 9.10. The van der Waals surface area contributed by atoms with E-state index >= 15 is 0 Å². The molecule has 0 aliphatic rings. The van der Waals surface area contributed by atoms with Gasteiger partial charge in [-0.3, -0.25) is 4.79 Å². The predicted octanol–water partition coefficient (Wildman–Crippen LogP) is 2.69. The number of carbonyl (C=O) groups excluding carboxylic acids is 1. The summed E-state index contributed by atoms with van der Waals surface area (Å²) in [5.41, 5.74) is -0.0409. The van der Waals surface area contributed by atoms with Crippen LogP contribution in [0.1, 0.15) is 6.92 Å². The topological polar surface area (TPSA) is 29.1 Å². The molecule has 1 aromatic carbocycles. The second-order valence-corrected chi connectivity index (χ2v) is 3.28. The molecular weight excluding hydrogens is 244 g/mol. The first kappa shape index (κ1) is 10.1. The van der Waals surface area contributed by atoms with Crippen molar-refractivity contribution in [2.45, 2.75) is 6.92 Å². The van der Waals surface area contributed by atoms with E-state index in [4.69, 9.17) is 0 Å². The van der Waals surface area contributed by atoms with Gasteiger partial charge in [-0.25, -0.2) is 8.78 Å². The highest BCUT2D eigenvalue weighted by Crippen LogP contribution is 2.23. The lowest BCUT2D eigenvalue weighted by Crippen LogP contribution is -2.07. The molecule has 2 nitrogen and oxygen atoms in total. The molecule has 0 unspecified atom stereocenters. The van der Waals surface area contributed by atoms with Crippen LogP contribution >= 0.6 is 15.9 Å². The van der Waals surface area contributed by atoms with E-state index in [1.807, 2.05) is 0 Å². The molecule has 1 amide bonds. The van der Waals surface area contributed by atoms with E-state index in [9.17, 15) is 13.6 Å². The normalized spacial score (nSPS) is 9.85. The van der Waals surface area contributed by atoms with Gasteiger partial charge in [0.2, 0.25) is 5.91 Å². The third-order valence-corrected chi connectivity index (χ3v) is 1.93. The zero-order valence-electron chi connectivity index (χ0n) is 6.70. The quantitative estimate of drug-likeness (QED) is 0.763. The van der Waals surface area contributed by atoms with Crippen LogP contribution in [-0.4, -0.2) is 5.91 Å². The van der Waals surface area contributed by atoms with Crippen LogP contribution in [0, 0.1) is 11.6 Å². The summed E-state index contributed by atoms with van der Waals surface area (Å²) in [6.45, 7) is 1.25. The Hall–Kier alpha value is -0.970. The van der Waals surface area contributed by atoms with Gasteiger partial charge in [0.05, 0.1) is 10.2 Å². The van der Waals surface area contributed by atoms with Crippen molar-refractivity contribution in [3.8, 4) is 0 Å². The number of halogens is 3. The third kappa shape index (κ3) is 2.48. The predicted molar refractivity (Wildman–Crippen MR) is 48.4 cm³/mol. The van der Waals surface area contributed by atoms with Crippen molar-refractivity contribution in [1.82, 2.24) is 0 Å². The van der Waals surface area contributed by atoms with Crippen LogP contribution in [0.2, 0.25) is 0 Å². The van der Waals surface area contributed by atoms with Gasteiger partial charge in [-0.05, 0) is 22.0 Å². The van der Waals surface area contributed by atoms with E-state index in [0.717, 1.165) is 0 Å². The standard InChI is InChI=1S/C8H6BrF2NO/c1-4(13)12-8-2-5(9)6(10)3-7(8)11/h2-3H,1H3,(H,12,13). The molecule has 0 aliphatic heterocycles. The summed E-state index contributed by atoms with van der Waals surface area (Å²) in [6, 6.07) is 1.88. The summed E-state index contributed by atoms with van der Waals surface area (Å²) < 4.78 is 25.7. The van der Waals surface area contributed by atoms with Crippen molar-refractivity contribution in [2.75, 3.05) is 5.32 Å². The minimum atomic E-state index is -0.795. The third-order valence-electron chi connectivity index (χ3n) is 1.32. The van der Waals surface area contributed by atoms with Gasteiger partial charge in [0.25, 0.3) is 0 Å². The Balaban J connectivity index is 3.08. The molecule has 0 saturated heterocycles. The summed E-state index contributed by atoms with van der Waals surface area (Å²) in [5, 5.41) is 2.23. The molecule has 0 atom stereocenters. The Kier molecular flexibility index (Phi) is 2.98. The van der Waals surface area contributed by atoms with Crippen molar-refractivity contribution >= 4 is 27.5 Å². The lowest BCUT2D eigenvalue weighted by Gasteiger charge is -2.04. The average molecular weight is 250 g/mol. The summed E-state index contributed by atoms with van der Waals surface area (Å²) in [5.74, 6) is -1.90. The number of nitrogens with one attached hydrogen (secondary N) is 1. The number of rotatable bonds is 1. The molecule has 0 radical (unpaired) electrons. The van der Waals surface area contributed by atoms with E-state index in [0.29, 0.717) is 6.07 Å². The van der Waals surface area contributed by atoms with E-state index < -0.39 is 17.5 Å². The van der Waals surface area contributed by atoms with Crippen LogP contribution in [0.3, 0.4) is 0 Å². The van der Waals surface area contributed by atoms with Crippen molar-refractivity contribution in [2.24, 2.45) is 0 Å². The van der Waals surface area contributed by atoms with Gasteiger partial charge in [0.15, 0.2) is 0 Å². The molecule has 0 spiro atoms. The van der Waals surface area contributed by atoms with Gasteiger partial charge in [-0.1, -0.05) is 0 Å². The fourth-order valence-corrected chi connectivity index (χ4v) is 1.15. The second-order valence-electron chi connectivity index (χ2n) is 2.43. The molecule has 0 fully saturated rings. The average Bonchev–Trinajstić information content (AvgIpc) is 1.99. The van der Waals surface area contributed by atoms with Crippen LogP contribution in [0.25, 0.3) is 0 Å². The Morgan fingerprint density at radius 3 is 2.54 bits per heavy atom. The summed E-state index contributed by atoms with van der Waals surface area (Å²) in [4.78, 5) is 10.6. The number of carbonyl (C=O) groups is 1. The van der Waals surface area contributed by atoms with Crippen LogP contribution in [-0.2, 0) is 4.79 Å². The zero-order chi connectivity index (χ0) is 10.0. The van der Waals surface area contributed by atoms with E-state index in [1.165, 1.54) is 13.0 Å². The Bertz CT molecular complexity index is 354. The van der Waals surface area contributed by atoms with Crippen molar-refractivity contribution < 1.29 is 13.6 Å². The van der Waals surface area contributed by atoms with Gasteiger partial charge in [0.1, 0.15) is 11.6 Å². The van der Waals surface area contributed by atoms with Crippen molar-refractivity contribution in [3.05, 3.63) is 28.2 Å². The van der Waals surface area contributed by atoms with E-state index in [2.05, 4.69) is 21.2 Å². The molecule has 0 bridgehead atoms. The van der Waals surface area contributed by atoms with Crippen LogP contribution < -0.4 is 5.32 Å². The fraction of sp³-hybridized carbons (Fsp3) is 0.125. The van der Waals surface area contributed by atoms with Crippen molar-refractivity contribution in [3.63, 3.8) is 0 Å². The molecular formula is C8H6BrF2NO. The zero-order valence-corrected chi connectivity index (χ0v) is 8.28. The fourth-order valence-electron chi connectivity index (χ4n) is 0.808. The Morgan fingerprint density at radius 1 is 1.38 bits per heavy atom. The molecule has 1 aromatic rings. The van der Waals surface area contributed by atoms with Crippen LogP contribution in [0.4, 0.5) is 14.5 Å². The summed E-state index contributed by atoms with van der Waals surface area (Å²) in [6.07, 6.45) is 0. The van der Waals surface area contributed by atoms with Gasteiger partial charge in [-0.15, -0.1) is 0 Å². The van der Waals surface area contributed by atoms with Gasteiger partial charge in [0, 0.05) is 13.0 Å². The monoisotopic (exact) mass is 249 g/mol. The Labute approximate surface area is 82.1 Å². The number of anilines is 1. The van der Waals surface area contributed by atoms with Crippen LogP contribution in [0.5, 0.6) is 0 Å². The van der Waals surface area contributed by atoms with Gasteiger partial charge in [-0.2, -0.15) is 0 Å². The van der Waals surface area contributed by atoms with Crippen molar-refractivity contribution in [1.29, 1.82) is 0 Å². The minimum Gasteiger partial charge on any atom is -0.324 e.